The molecule has 0 unspecified atom stereocenters. The zero-order chi connectivity index (χ0) is 20.0. The number of sulfonamides is 1. The maximum Gasteiger partial charge on any atom is 0.243 e. The maximum absolute atomic E-state index is 12.7. The molecule has 0 saturated heterocycles. The molecular weight excluding hydrogens is 378 g/mol. The van der Waals surface area contributed by atoms with Gasteiger partial charge in [0, 0.05) is 24.5 Å². The lowest BCUT2D eigenvalue weighted by molar-refractivity contribution is 0.445. The largest absolute Gasteiger partial charge is 0.332 e. The number of nitrogens with one attached hydrogen (secondary N) is 2. The first-order valence-corrected chi connectivity index (χ1v) is 10.9. The van der Waals surface area contributed by atoms with Crippen LogP contribution in [-0.2, 0) is 10.0 Å². The zero-order valence-electron chi connectivity index (χ0n) is 16.2. The maximum atomic E-state index is 12.7. The number of hydrogen-bond donors (Lipinski definition) is 2. The summed E-state index contributed by atoms with van der Waals surface area (Å²) >= 11 is 5.42. The van der Waals surface area contributed by atoms with Crippen LogP contribution in [0.2, 0.25) is 0 Å². The summed E-state index contributed by atoms with van der Waals surface area (Å²) < 4.78 is 26.8. The molecule has 2 aromatic rings. The van der Waals surface area contributed by atoms with E-state index in [0.717, 1.165) is 5.69 Å². The molecule has 0 aliphatic heterocycles. The zero-order valence-corrected chi connectivity index (χ0v) is 17.8. The SMILES string of the molecule is CCN(CC)S(=O)(=O)c1cccc(NC(=S)Nc2ccccc2C(C)C)c1. The van der Waals surface area contributed by atoms with E-state index in [2.05, 4.69) is 30.5 Å². The van der Waals surface area contributed by atoms with Crippen LogP contribution in [0.5, 0.6) is 0 Å². The van der Waals surface area contributed by atoms with Crippen LogP contribution in [0.15, 0.2) is 53.4 Å². The lowest BCUT2D eigenvalue weighted by Gasteiger charge is -2.19. The first-order valence-electron chi connectivity index (χ1n) is 9.06. The number of benzene rings is 2. The minimum atomic E-state index is -3.51. The topological polar surface area (TPSA) is 61.4 Å². The minimum absolute atomic E-state index is 0.251. The standard InChI is InChI=1S/C20H27N3O2S2/c1-5-23(6-2)27(24,25)17-11-9-10-16(14-17)21-20(26)22-19-13-8-7-12-18(19)15(3)4/h7-15H,5-6H2,1-4H3,(H2,21,22,26). The van der Waals surface area contributed by atoms with Gasteiger partial charge in [-0.1, -0.05) is 52.0 Å². The Hall–Kier alpha value is -1.96. The number of nitrogens with zero attached hydrogens (tertiary/aromatic N) is 1. The van der Waals surface area contributed by atoms with E-state index in [1.165, 1.54) is 9.87 Å². The summed E-state index contributed by atoms with van der Waals surface area (Å²) in [5.74, 6) is 0.360. The van der Waals surface area contributed by atoms with Crippen LogP contribution in [0.25, 0.3) is 0 Å². The Labute approximate surface area is 167 Å². The van der Waals surface area contributed by atoms with Crippen molar-refractivity contribution in [1.82, 2.24) is 4.31 Å². The average Bonchev–Trinajstić information content (AvgIpc) is 2.63. The second-order valence-electron chi connectivity index (χ2n) is 6.44. The molecule has 7 heteroatoms. The van der Waals surface area contributed by atoms with Crippen LogP contribution in [0, 0.1) is 0 Å². The second-order valence-corrected chi connectivity index (χ2v) is 8.78. The van der Waals surface area contributed by atoms with Crippen LogP contribution in [-0.4, -0.2) is 30.9 Å². The molecule has 0 saturated carbocycles. The fourth-order valence-corrected chi connectivity index (χ4v) is 4.58. The van der Waals surface area contributed by atoms with Crippen molar-refractivity contribution in [3.8, 4) is 0 Å². The summed E-state index contributed by atoms with van der Waals surface area (Å²) in [7, 11) is -3.51. The third kappa shape index (κ3) is 5.28. The summed E-state index contributed by atoms with van der Waals surface area (Å²) in [5, 5.41) is 6.70. The molecule has 0 aliphatic carbocycles. The van der Waals surface area contributed by atoms with Gasteiger partial charge in [0.25, 0.3) is 0 Å². The molecule has 0 heterocycles. The Morgan fingerprint density at radius 1 is 1.04 bits per heavy atom. The highest BCUT2D eigenvalue weighted by Gasteiger charge is 2.21. The van der Waals surface area contributed by atoms with Gasteiger partial charge in [-0.2, -0.15) is 4.31 Å². The molecule has 2 aromatic carbocycles. The minimum Gasteiger partial charge on any atom is -0.332 e. The smallest absolute Gasteiger partial charge is 0.243 e. The van der Waals surface area contributed by atoms with Gasteiger partial charge in [-0.05, 0) is 48.0 Å². The van der Waals surface area contributed by atoms with E-state index in [1.807, 2.05) is 32.0 Å². The fraction of sp³-hybridized carbons (Fsp3) is 0.350. The predicted molar refractivity (Wildman–Crippen MR) is 117 cm³/mol. The molecule has 0 amide bonds. The normalized spacial score (nSPS) is 11.6. The lowest BCUT2D eigenvalue weighted by Crippen LogP contribution is -2.30. The number of thiocarbonyl (C=S) groups is 1. The van der Waals surface area contributed by atoms with Crippen molar-refractivity contribution in [2.45, 2.75) is 38.5 Å². The summed E-state index contributed by atoms with van der Waals surface area (Å²) in [6.07, 6.45) is 0. The Bertz CT molecular complexity index is 892. The second kappa shape index (κ2) is 9.30. The van der Waals surface area contributed by atoms with E-state index in [9.17, 15) is 8.42 Å². The van der Waals surface area contributed by atoms with E-state index in [-0.39, 0.29) is 4.90 Å². The molecule has 27 heavy (non-hydrogen) atoms. The highest BCUT2D eigenvalue weighted by molar-refractivity contribution is 7.89. The first kappa shape index (κ1) is 21.3. The first-order chi connectivity index (χ1) is 12.8. The number of rotatable bonds is 7. The fourth-order valence-electron chi connectivity index (χ4n) is 2.85. The number of anilines is 2. The van der Waals surface area contributed by atoms with Crippen molar-refractivity contribution in [1.29, 1.82) is 0 Å². The Morgan fingerprint density at radius 3 is 2.33 bits per heavy atom. The number of hydrogen-bond acceptors (Lipinski definition) is 3. The Balaban J connectivity index is 2.18. The van der Waals surface area contributed by atoms with Crippen LogP contribution in [0.3, 0.4) is 0 Å². The van der Waals surface area contributed by atoms with E-state index in [4.69, 9.17) is 12.2 Å². The molecule has 0 aliphatic rings. The average molecular weight is 406 g/mol. The Morgan fingerprint density at radius 2 is 1.70 bits per heavy atom. The molecule has 146 valence electrons. The summed E-state index contributed by atoms with van der Waals surface area (Å²) in [5.41, 5.74) is 2.74. The van der Waals surface area contributed by atoms with Crippen molar-refractivity contribution < 1.29 is 8.42 Å². The van der Waals surface area contributed by atoms with Gasteiger partial charge >= 0.3 is 0 Å². The van der Waals surface area contributed by atoms with Crippen LogP contribution >= 0.6 is 12.2 Å². The predicted octanol–water partition coefficient (Wildman–Crippen LogP) is 4.65. The van der Waals surface area contributed by atoms with Gasteiger partial charge in [0.05, 0.1) is 4.90 Å². The van der Waals surface area contributed by atoms with Gasteiger partial charge in [0.1, 0.15) is 0 Å². The van der Waals surface area contributed by atoms with E-state index in [0.29, 0.717) is 29.8 Å². The monoisotopic (exact) mass is 405 g/mol. The number of para-hydroxylation sites is 1. The van der Waals surface area contributed by atoms with E-state index < -0.39 is 10.0 Å². The van der Waals surface area contributed by atoms with Crippen molar-refractivity contribution in [2.24, 2.45) is 0 Å². The lowest BCUT2D eigenvalue weighted by atomic mass is 10.0. The third-order valence-electron chi connectivity index (χ3n) is 4.27. The van der Waals surface area contributed by atoms with Gasteiger partial charge in [-0.3, -0.25) is 0 Å². The molecule has 2 rings (SSSR count). The van der Waals surface area contributed by atoms with Crippen LogP contribution in [0.4, 0.5) is 11.4 Å². The highest BCUT2D eigenvalue weighted by atomic mass is 32.2. The molecule has 0 fully saturated rings. The third-order valence-corrected chi connectivity index (χ3v) is 6.52. The summed E-state index contributed by atoms with van der Waals surface area (Å²) in [6.45, 7) is 8.77. The molecule has 0 bridgehead atoms. The molecule has 0 atom stereocenters. The van der Waals surface area contributed by atoms with E-state index >= 15 is 0 Å². The van der Waals surface area contributed by atoms with Crippen molar-refractivity contribution >= 4 is 38.7 Å². The highest BCUT2D eigenvalue weighted by Crippen LogP contribution is 2.24. The molecule has 0 radical (unpaired) electrons. The van der Waals surface area contributed by atoms with Crippen molar-refractivity contribution in [3.05, 3.63) is 54.1 Å². The molecule has 2 N–H and O–H groups in total. The Kier molecular flexibility index (Phi) is 7.35. The van der Waals surface area contributed by atoms with Gasteiger partial charge in [0.2, 0.25) is 10.0 Å². The molecule has 0 spiro atoms. The van der Waals surface area contributed by atoms with Crippen molar-refractivity contribution in [2.75, 3.05) is 23.7 Å². The summed E-state index contributed by atoms with van der Waals surface area (Å²) in [4.78, 5) is 0.251. The van der Waals surface area contributed by atoms with Gasteiger partial charge in [-0.25, -0.2) is 8.42 Å². The van der Waals surface area contributed by atoms with Crippen molar-refractivity contribution in [3.63, 3.8) is 0 Å². The quantitative estimate of drug-likeness (QED) is 0.657. The van der Waals surface area contributed by atoms with Crippen LogP contribution in [0.1, 0.15) is 39.2 Å². The van der Waals surface area contributed by atoms with Gasteiger partial charge in [-0.15, -0.1) is 0 Å². The van der Waals surface area contributed by atoms with Crippen LogP contribution < -0.4 is 10.6 Å². The molecule has 0 aromatic heterocycles. The van der Waals surface area contributed by atoms with Gasteiger partial charge in [0.15, 0.2) is 5.11 Å². The summed E-state index contributed by atoms with van der Waals surface area (Å²) in [6, 6.07) is 14.7. The molecule has 5 nitrogen and oxygen atoms in total. The molecular formula is C20H27N3O2S2. The van der Waals surface area contributed by atoms with Gasteiger partial charge < -0.3 is 10.6 Å². The van der Waals surface area contributed by atoms with E-state index in [1.54, 1.807) is 24.3 Å².